The highest BCUT2D eigenvalue weighted by Gasteiger charge is 2.34. The Morgan fingerprint density at radius 2 is 2.00 bits per heavy atom. The normalized spacial score (nSPS) is 28.3. The zero-order valence-electron chi connectivity index (χ0n) is 10.3. The van der Waals surface area contributed by atoms with E-state index >= 15 is 0 Å². The summed E-state index contributed by atoms with van der Waals surface area (Å²) in [7, 11) is 0. The summed E-state index contributed by atoms with van der Waals surface area (Å²) < 4.78 is 0. The SMILES string of the molecule is CC1CN(CCC(C)(C)C)CC1C(=O)O. The van der Waals surface area contributed by atoms with Crippen LogP contribution in [0, 0.1) is 17.3 Å². The Hall–Kier alpha value is -0.570. The van der Waals surface area contributed by atoms with Crippen LogP contribution < -0.4 is 0 Å². The third-order valence-electron chi connectivity index (χ3n) is 3.18. The van der Waals surface area contributed by atoms with Crippen molar-refractivity contribution in [2.24, 2.45) is 17.3 Å². The number of aliphatic carboxylic acids is 1. The van der Waals surface area contributed by atoms with E-state index in [9.17, 15) is 4.79 Å². The number of hydrogen-bond donors (Lipinski definition) is 1. The van der Waals surface area contributed by atoms with Crippen LogP contribution in [0.3, 0.4) is 0 Å². The predicted octanol–water partition coefficient (Wildman–Crippen LogP) is 2.08. The lowest BCUT2D eigenvalue weighted by atomic mass is 9.92. The van der Waals surface area contributed by atoms with Gasteiger partial charge in [-0.1, -0.05) is 27.7 Å². The first-order chi connectivity index (χ1) is 6.79. The minimum absolute atomic E-state index is 0.162. The molecule has 0 aromatic rings. The molecule has 0 aromatic heterocycles. The largest absolute Gasteiger partial charge is 0.481 e. The van der Waals surface area contributed by atoms with Crippen LogP contribution in [0.5, 0.6) is 0 Å². The van der Waals surface area contributed by atoms with Crippen LogP contribution in [-0.4, -0.2) is 35.6 Å². The Morgan fingerprint density at radius 3 is 2.40 bits per heavy atom. The van der Waals surface area contributed by atoms with Gasteiger partial charge in [0.1, 0.15) is 0 Å². The van der Waals surface area contributed by atoms with Crippen molar-refractivity contribution in [1.29, 1.82) is 0 Å². The summed E-state index contributed by atoms with van der Waals surface area (Å²) in [6, 6.07) is 0. The van der Waals surface area contributed by atoms with Crippen LogP contribution in [0.4, 0.5) is 0 Å². The first-order valence-corrected chi connectivity index (χ1v) is 5.75. The van der Waals surface area contributed by atoms with Crippen molar-refractivity contribution in [3.05, 3.63) is 0 Å². The van der Waals surface area contributed by atoms with Gasteiger partial charge in [-0.15, -0.1) is 0 Å². The molecule has 2 unspecified atom stereocenters. The van der Waals surface area contributed by atoms with E-state index in [2.05, 4.69) is 25.7 Å². The molecule has 1 aliphatic heterocycles. The van der Waals surface area contributed by atoms with Gasteiger partial charge in [-0.25, -0.2) is 0 Å². The van der Waals surface area contributed by atoms with Gasteiger partial charge in [0.2, 0.25) is 0 Å². The molecule has 88 valence electrons. The molecule has 3 heteroatoms. The molecule has 1 fully saturated rings. The van der Waals surface area contributed by atoms with Crippen molar-refractivity contribution in [2.75, 3.05) is 19.6 Å². The summed E-state index contributed by atoms with van der Waals surface area (Å²) in [5.41, 5.74) is 0.338. The average molecular weight is 213 g/mol. The second-order valence-corrected chi connectivity index (χ2v) is 5.99. The van der Waals surface area contributed by atoms with Crippen molar-refractivity contribution in [3.63, 3.8) is 0 Å². The minimum Gasteiger partial charge on any atom is -0.481 e. The van der Waals surface area contributed by atoms with E-state index in [1.54, 1.807) is 0 Å². The highest BCUT2D eigenvalue weighted by Crippen LogP contribution is 2.25. The number of likely N-dealkylation sites (tertiary alicyclic amines) is 1. The molecule has 0 bridgehead atoms. The maximum absolute atomic E-state index is 10.9. The van der Waals surface area contributed by atoms with Gasteiger partial charge in [-0.2, -0.15) is 0 Å². The number of carboxylic acids is 1. The van der Waals surface area contributed by atoms with Crippen LogP contribution in [0.15, 0.2) is 0 Å². The molecular weight excluding hydrogens is 190 g/mol. The van der Waals surface area contributed by atoms with Gasteiger partial charge in [0, 0.05) is 13.1 Å². The Labute approximate surface area is 92.5 Å². The third kappa shape index (κ3) is 3.82. The van der Waals surface area contributed by atoms with Crippen molar-refractivity contribution in [2.45, 2.75) is 34.1 Å². The van der Waals surface area contributed by atoms with E-state index in [0.717, 1.165) is 26.1 Å². The number of nitrogens with zero attached hydrogens (tertiary/aromatic N) is 1. The number of carboxylic acid groups (broad SMARTS) is 1. The van der Waals surface area contributed by atoms with E-state index in [0.29, 0.717) is 11.3 Å². The summed E-state index contributed by atoms with van der Waals surface area (Å²) in [5.74, 6) is -0.506. The second kappa shape index (κ2) is 4.52. The summed E-state index contributed by atoms with van der Waals surface area (Å²) in [4.78, 5) is 13.2. The first kappa shape index (κ1) is 12.5. The highest BCUT2D eigenvalue weighted by molar-refractivity contribution is 5.71. The molecule has 1 heterocycles. The van der Waals surface area contributed by atoms with E-state index < -0.39 is 5.97 Å². The van der Waals surface area contributed by atoms with Crippen molar-refractivity contribution in [3.8, 4) is 0 Å². The van der Waals surface area contributed by atoms with E-state index in [1.807, 2.05) is 6.92 Å². The number of carbonyl (C=O) groups is 1. The molecule has 0 spiro atoms. The monoisotopic (exact) mass is 213 g/mol. The Kier molecular flexibility index (Phi) is 3.77. The highest BCUT2D eigenvalue weighted by atomic mass is 16.4. The molecule has 2 atom stereocenters. The molecular formula is C12H23NO2. The Bertz CT molecular complexity index is 232. The fourth-order valence-electron chi connectivity index (χ4n) is 2.06. The lowest BCUT2D eigenvalue weighted by Gasteiger charge is -2.23. The maximum atomic E-state index is 10.9. The molecule has 15 heavy (non-hydrogen) atoms. The topological polar surface area (TPSA) is 40.5 Å². The minimum atomic E-state index is -0.638. The van der Waals surface area contributed by atoms with Gasteiger partial charge in [-0.3, -0.25) is 4.79 Å². The lowest BCUT2D eigenvalue weighted by Crippen LogP contribution is -2.26. The molecule has 0 aliphatic carbocycles. The molecule has 1 rings (SSSR count). The van der Waals surface area contributed by atoms with Crippen molar-refractivity contribution in [1.82, 2.24) is 4.90 Å². The van der Waals surface area contributed by atoms with Gasteiger partial charge in [0.15, 0.2) is 0 Å². The van der Waals surface area contributed by atoms with Gasteiger partial charge in [-0.05, 0) is 24.3 Å². The summed E-state index contributed by atoms with van der Waals surface area (Å²) in [5, 5.41) is 9.00. The van der Waals surface area contributed by atoms with Gasteiger partial charge in [0.25, 0.3) is 0 Å². The number of hydrogen-bond acceptors (Lipinski definition) is 2. The molecule has 1 aliphatic rings. The van der Waals surface area contributed by atoms with Gasteiger partial charge >= 0.3 is 5.97 Å². The second-order valence-electron chi connectivity index (χ2n) is 5.99. The Morgan fingerprint density at radius 1 is 1.40 bits per heavy atom. The number of rotatable bonds is 3. The molecule has 1 saturated heterocycles. The quantitative estimate of drug-likeness (QED) is 0.780. The Balaban J connectivity index is 2.39. The molecule has 3 nitrogen and oxygen atoms in total. The van der Waals surface area contributed by atoms with Gasteiger partial charge in [0.05, 0.1) is 5.92 Å². The maximum Gasteiger partial charge on any atom is 0.308 e. The van der Waals surface area contributed by atoms with Crippen LogP contribution in [-0.2, 0) is 4.79 Å². The van der Waals surface area contributed by atoms with Crippen LogP contribution in [0.1, 0.15) is 34.1 Å². The van der Waals surface area contributed by atoms with E-state index in [1.165, 1.54) is 0 Å². The van der Waals surface area contributed by atoms with Crippen molar-refractivity contribution >= 4 is 5.97 Å². The van der Waals surface area contributed by atoms with Crippen LogP contribution in [0.25, 0.3) is 0 Å². The molecule has 1 N–H and O–H groups in total. The van der Waals surface area contributed by atoms with Crippen LogP contribution >= 0.6 is 0 Å². The molecule has 0 saturated carbocycles. The molecule has 0 aromatic carbocycles. The zero-order valence-corrected chi connectivity index (χ0v) is 10.3. The van der Waals surface area contributed by atoms with E-state index in [-0.39, 0.29) is 5.92 Å². The van der Waals surface area contributed by atoms with Crippen molar-refractivity contribution < 1.29 is 9.90 Å². The van der Waals surface area contributed by atoms with Crippen LogP contribution in [0.2, 0.25) is 0 Å². The fourth-order valence-corrected chi connectivity index (χ4v) is 2.06. The summed E-state index contributed by atoms with van der Waals surface area (Å²) in [6.07, 6.45) is 1.13. The summed E-state index contributed by atoms with van der Waals surface area (Å²) >= 11 is 0. The van der Waals surface area contributed by atoms with E-state index in [4.69, 9.17) is 5.11 Å². The fraction of sp³-hybridized carbons (Fsp3) is 0.917. The smallest absolute Gasteiger partial charge is 0.308 e. The third-order valence-corrected chi connectivity index (χ3v) is 3.18. The lowest BCUT2D eigenvalue weighted by molar-refractivity contribution is -0.142. The zero-order chi connectivity index (χ0) is 11.6. The first-order valence-electron chi connectivity index (χ1n) is 5.75. The van der Waals surface area contributed by atoms with Gasteiger partial charge < -0.3 is 10.0 Å². The average Bonchev–Trinajstić information content (AvgIpc) is 2.42. The predicted molar refractivity (Wildman–Crippen MR) is 60.8 cm³/mol. The molecule has 0 radical (unpaired) electrons. The molecule has 0 amide bonds. The summed E-state index contributed by atoms with van der Waals surface area (Å²) in [6.45, 7) is 11.4. The standard InChI is InChI=1S/C12H23NO2/c1-9-7-13(6-5-12(2,3)4)8-10(9)11(14)15/h9-10H,5-8H2,1-4H3,(H,14,15).